The van der Waals surface area contributed by atoms with E-state index in [9.17, 15) is 4.79 Å². The number of methoxy groups -OCH3 is 1. The molecule has 1 N–H and O–H groups in total. The summed E-state index contributed by atoms with van der Waals surface area (Å²) in [7, 11) is 1.66. The number of piperazine rings is 1. The van der Waals surface area contributed by atoms with Crippen molar-refractivity contribution in [3.05, 3.63) is 83.5 Å². The number of hydrogen-bond donors (Lipinski definition) is 1. The summed E-state index contributed by atoms with van der Waals surface area (Å²) in [6, 6.07) is 22.3. The summed E-state index contributed by atoms with van der Waals surface area (Å²) >= 11 is 3.49. The van der Waals surface area contributed by atoms with Crippen molar-refractivity contribution in [1.82, 2.24) is 19.8 Å². The second kappa shape index (κ2) is 13.4. The zero-order valence-corrected chi connectivity index (χ0v) is 27.5. The van der Waals surface area contributed by atoms with Crippen molar-refractivity contribution in [3.8, 4) is 21.3 Å². The van der Waals surface area contributed by atoms with Gasteiger partial charge in [-0.05, 0) is 68.8 Å². The second-order valence-corrected chi connectivity index (χ2v) is 14.1. The highest BCUT2D eigenvalue weighted by molar-refractivity contribution is 7.26. The third-order valence-corrected chi connectivity index (χ3v) is 9.68. The van der Waals surface area contributed by atoms with Gasteiger partial charge in [-0.3, -0.25) is 4.90 Å². The molecule has 1 amide bonds. The van der Waals surface area contributed by atoms with Gasteiger partial charge in [0.05, 0.1) is 17.3 Å². The Bertz CT molecular complexity index is 1750. The Morgan fingerprint density at radius 1 is 0.911 bits per heavy atom. The Kier molecular flexibility index (Phi) is 9.20. The number of carbonyl (C=O) groups excluding carboxylic acids is 1. The lowest BCUT2D eigenvalue weighted by atomic mass is 10.2. The maximum absolute atomic E-state index is 12.4. The number of anilines is 2. The number of nitrogens with zero attached hydrogens (tertiary/aromatic N) is 4. The molecule has 0 unspecified atom stereocenters. The molecule has 1 saturated heterocycles. The minimum atomic E-state index is -0.477. The van der Waals surface area contributed by atoms with Crippen LogP contribution in [0.25, 0.3) is 20.0 Å². The first-order valence-electron chi connectivity index (χ1n) is 14.9. The molecule has 1 fully saturated rings. The summed E-state index contributed by atoms with van der Waals surface area (Å²) < 4.78 is 17.8. The van der Waals surface area contributed by atoms with Crippen molar-refractivity contribution in [2.24, 2.45) is 0 Å². The molecule has 6 rings (SSSR count). The molecular weight excluding hydrogens is 607 g/mol. The van der Waals surface area contributed by atoms with Gasteiger partial charge in [-0.15, -0.1) is 22.7 Å². The Balaban J connectivity index is 1.08. The van der Waals surface area contributed by atoms with E-state index in [4.69, 9.17) is 14.2 Å². The molecule has 1 aliphatic heterocycles. The predicted molar refractivity (Wildman–Crippen MR) is 181 cm³/mol. The van der Waals surface area contributed by atoms with Crippen molar-refractivity contribution in [2.75, 3.05) is 38.6 Å². The van der Waals surface area contributed by atoms with Crippen LogP contribution in [0.3, 0.4) is 0 Å². The van der Waals surface area contributed by atoms with E-state index in [1.807, 2.05) is 69.3 Å². The van der Waals surface area contributed by atoms with Crippen molar-refractivity contribution in [3.63, 3.8) is 0 Å². The number of amides is 1. The summed E-state index contributed by atoms with van der Waals surface area (Å²) in [5, 5.41) is 3.47. The van der Waals surface area contributed by atoms with E-state index >= 15 is 0 Å². The topological polar surface area (TPSA) is 89.1 Å². The number of fused-ring (bicyclic) bond motifs is 1. The Hall–Kier alpha value is -4.19. The lowest BCUT2D eigenvalue weighted by molar-refractivity contribution is 0.0139. The zero-order valence-electron chi connectivity index (χ0n) is 25.9. The highest BCUT2D eigenvalue weighted by atomic mass is 32.1. The van der Waals surface area contributed by atoms with Gasteiger partial charge in [0.1, 0.15) is 30.0 Å². The number of rotatable bonds is 9. The Labute approximate surface area is 271 Å². The molecule has 0 spiro atoms. The summed E-state index contributed by atoms with van der Waals surface area (Å²) in [5.41, 5.74) is 2.39. The molecule has 0 aliphatic carbocycles. The first kappa shape index (κ1) is 30.8. The number of aromatic nitrogens is 2. The highest BCUT2D eigenvalue weighted by Gasteiger charge is 2.26. The second-order valence-electron chi connectivity index (χ2n) is 11.8. The minimum absolute atomic E-state index is 0.229. The average Bonchev–Trinajstić information content (AvgIpc) is 3.68. The number of thiophene rings is 2. The maximum atomic E-state index is 12.4. The van der Waals surface area contributed by atoms with Gasteiger partial charge < -0.3 is 24.4 Å². The fourth-order valence-electron chi connectivity index (χ4n) is 4.98. The van der Waals surface area contributed by atoms with Crippen molar-refractivity contribution in [2.45, 2.75) is 39.5 Å². The maximum Gasteiger partial charge on any atom is 0.410 e. The van der Waals surface area contributed by atoms with Crippen LogP contribution in [0.15, 0.2) is 73.1 Å². The van der Waals surface area contributed by atoms with Crippen LogP contribution in [-0.2, 0) is 17.9 Å². The zero-order chi connectivity index (χ0) is 31.4. The normalized spacial score (nSPS) is 14.0. The smallest absolute Gasteiger partial charge is 0.410 e. The van der Waals surface area contributed by atoms with Crippen LogP contribution >= 0.6 is 22.7 Å². The van der Waals surface area contributed by atoms with Crippen LogP contribution in [0.2, 0.25) is 0 Å². The molecule has 0 bridgehead atoms. The molecule has 4 heterocycles. The fraction of sp³-hybridized carbons (Fsp3) is 0.324. The van der Waals surface area contributed by atoms with Gasteiger partial charge in [0.25, 0.3) is 0 Å². The van der Waals surface area contributed by atoms with Gasteiger partial charge in [0.15, 0.2) is 5.82 Å². The van der Waals surface area contributed by atoms with E-state index in [1.165, 1.54) is 9.75 Å². The lowest BCUT2D eigenvalue weighted by Crippen LogP contribution is -2.49. The van der Waals surface area contributed by atoms with Crippen molar-refractivity contribution in [1.29, 1.82) is 0 Å². The SMILES string of the molecule is COc1ccc(COc2cccc(Nc3ncnc4cc(-c5ccc(CN6CCN(C(=O)OC(C)(C)C)CC6)s5)sc34)c2)cc1. The first-order valence-corrected chi connectivity index (χ1v) is 16.5. The summed E-state index contributed by atoms with van der Waals surface area (Å²) in [6.07, 6.45) is 1.37. The summed E-state index contributed by atoms with van der Waals surface area (Å²) in [6.45, 7) is 10.0. The van der Waals surface area contributed by atoms with Crippen LogP contribution in [-0.4, -0.2) is 64.8 Å². The highest BCUT2D eigenvalue weighted by Crippen LogP contribution is 2.39. The molecule has 1 aliphatic rings. The molecular formula is C34H37N5O4S2. The molecule has 234 valence electrons. The number of nitrogens with one attached hydrogen (secondary N) is 1. The van der Waals surface area contributed by atoms with Gasteiger partial charge in [-0.1, -0.05) is 18.2 Å². The molecule has 3 aromatic heterocycles. The molecule has 9 nitrogen and oxygen atoms in total. The van der Waals surface area contributed by atoms with E-state index < -0.39 is 5.60 Å². The number of carbonyl (C=O) groups is 1. The van der Waals surface area contributed by atoms with Crippen molar-refractivity contribution < 1.29 is 19.0 Å². The molecule has 0 radical (unpaired) electrons. The standard InChI is InChI=1S/C34H37N5O4S2/c1-34(2,3)43-33(40)39-16-14-38(15-17-39)20-27-12-13-29(44-27)30-19-28-31(45-30)32(36-22-35-28)37-24-6-5-7-26(18-24)42-21-23-8-10-25(41-4)11-9-23/h5-13,18-19,22H,14-17,20-21H2,1-4H3,(H,35,36,37). The van der Waals surface area contributed by atoms with Crippen molar-refractivity contribution >= 4 is 50.5 Å². The molecule has 45 heavy (non-hydrogen) atoms. The fourth-order valence-corrected chi connectivity index (χ4v) is 7.17. The minimum Gasteiger partial charge on any atom is -0.497 e. The summed E-state index contributed by atoms with van der Waals surface area (Å²) in [5.74, 6) is 2.36. The Morgan fingerprint density at radius 2 is 1.71 bits per heavy atom. The quantitative estimate of drug-likeness (QED) is 0.174. The number of ether oxygens (including phenoxy) is 3. The van der Waals surface area contributed by atoms with E-state index in [-0.39, 0.29) is 6.09 Å². The van der Waals surface area contributed by atoms with Crippen LogP contribution in [0.1, 0.15) is 31.2 Å². The largest absolute Gasteiger partial charge is 0.497 e. The van der Waals surface area contributed by atoms with Gasteiger partial charge in [0, 0.05) is 59.1 Å². The molecule has 0 saturated carbocycles. The van der Waals surface area contributed by atoms with Gasteiger partial charge in [-0.25, -0.2) is 14.8 Å². The van der Waals surface area contributed by atoms with Crippen LogP contribution < -0.4 is 14.8 Å². The predicted octanol–water partition coefficient (Wildman–Crippen LogP) is 7.80. The molecule has 0 atom stereocenters. The van der Waals surface area contributed by atoms with Gasteiger partial charge >= 0.3 is 6.09 Å². The van der Waals surface area contributed by atoms with E-state index in [1.54, 1.807) is 41.0 Å². The average molecular weight is 644 g/mol. The third kappa shape index (κ3) is 7.91. The van der Waals surface area contributed by atoms with E-state index in [0.717, 1.165) is 63.3 Å². The van der Waals surface area contributed by atoms with Crippen LogP contribution in [0, 0.1) is 0 Å². The Morgan fingerprint density at radius 3 is 2.47 bits per heavy atom. The monoisotopic (exact) mass is 643 g/mol. The molecule has 11 heteroatoms. The molecule has 2 aromatic carbocycles. The van der Waals surface area contributed by atoms with E-state index in [2.05, 4.69) is 38.4 Å². The number of hydrogen-bond acceptors (Lipinski definition) is 10. The van der Waals surface area contributed by atoms with Gasteiger partial charge in [-0.2, -0.15) is 0 Å². The van der Waals surface area contributed by atoms with Gasteiger partial charge in [0.2, 0.25) is 0 Å². The lowest BCUT2D eigenvalue weighted by Gasteiger charge is -2.35. The third-order valence-electron chi connectivity index (χ3n) is 7.28. The first-order chi connectivity index (χ1) is 21.7. The van der Waals surface area contributed by atoms with E-state index in [0.29, 0.717) is 19.7 Å². The number of benzene rings is 2. The van der Waals surface area contributed by atoms with Crippen LogP contribution in [0.4, 0.5) is 16.3 Å². The van der Waals surface area contributed by atoms with Crippen LogP contribution in [0.5, 0.6) is 11.5 Å². The molecule has 5 aromatic rings. The summed E-state index contributed by atoms with van der Waals surface area (Å²) in [4.78, 5) is 29.4.